The number of hydrogen-bond donors (Lipinski definition) is 4. The van der Waals surface area contributed by atoms with E-state index >= 15 is 0 Å². The molecule has 4 aliphatic rings. The van der Waals surface area contributed by atoms with Gasteiger partial charge in [-0.3, -0.25) is 9.69 Å². The fourth-order valence-corrected chi connectivity index (χ4v) is 5.54. The first kappa shape index (κ1) is 23.1. The Balaban J connectivity index is 1.50. The molecule has 0 radical (unpaired) electrons. The fourth-order valence-electron chi connectivity index (χ4n) is 5.54. The van der Waals surface area contributed by atoms with Crippen molar-refractivity contribution in [3.8, 4) is 0 Å². The Morgan fingerprint density at radius 3 is 2.71 bits per heavy atom. The highest BCUT2D eigenvalue weighted by Crippen LogP contribution is 2.50. The summed E-state index contributed by atoms with van der Waals surface area (Å²) in [5.74, 6) is -0.782. The van der Waals surface area contributed by atoms with Crippen molar-refractivity contribution < 1.29 is 39.4 Å². The van der Waals surface area contributed by atoms with E-state index in [-0.39, 0.29) is 36.2 Å². The van der Waals surface area contributed by atoms with Crippen LogP contribution < -0.4 is 0 Å². The first-order valence-electron chi connectivity index (χ1n) is 11.2. The predicted molar refractivity (Wildman–Crippen MR) is 109 cm³/mol. The molecule has 0 aromatic heterocycles. The molecule has 0 amide bonds. The fraction of sp³-hybridized carbons (Fsp3) is 0.864. The summed E-state index contributed by atoms with van der Waals surface area (Å²) in [5.41, 5.74) is 1.02. The van der Waals surface area contributed by atoms with Gasteiger partial charge in [-0.15, -0.1) is 0 Å². The van der Waals surface area contributed by atoms with Gasteiger partial charge >= 0.3 is 5.97 Å². The number of rotatable bonds is 4. The molecule has 10 atom stereocenters. The summed E-state index contributed by atoms with van der Waals surface area (Å²) in [5, 5.41) is 40.4. The molecule has 0 aromatic carbocycles. The van der Waals surface area contributed by atoms with E-state index in [1.165, 1.54) is 5.57 Å². The third-order valence-electron chi connectivity index (χ3n) is 7.60. The number of likely N-dealkylation sites (N-methyl/N-ethyl adjacent to an activating group) is 1. The third-order valence-corrected chi connectivity index (χ3v) is 7.60. The second-order valence-corrected chi connectivity index (χ2v) is 9.81. The van der Waals surface area contributed by atoms with Gasteiger partial charge in [0.1, 0.15) is 30.5 Å². The lowest BCUT2D eigenvalue weighted by molar-refractivity contribution is -0.271. The standard InChI is InChI=1S/C22H35NO8/c1-11-5-4-8-22(2)19(31-22)18-12(7-6-11)13(20(27)30-18)9-23(3)15-17(26)16(25)14(10-24)29-21(15)28/h5,12-19,21,24-26,28H,4,6-10H2,1-3H3/t12-,13-,14+,15+,16+,17+,18-,19-,21+,22+/m0/s1. The summed E-state index contributed by atoms with van der Waals surface area (Å²) in [6.45, 7) is 3.90. The number of carbonyl (C=O) groups is 1. The molecule has 0 bridgehead atoms. The molecule has 9 heteroatoms. The SMILES string of the molecule is CC1=CCC[C@@]2(C)O[C@H]2[C@H]2OC(=O)[C@@H](CN(C)[C@@H]3[C@@H](O)[C@H](O)[C@@H](CO)O[C@H]3O)[C@@H]2CC1. The molecule has 31 heavy (non-hydrogen) atoms. The molecule has 4 N–H and O–H groups in total. The molecule has 3 saturated heterocycles. The minimum absolute atomic E-state index is 0.0443. The highest BCUT2D eigenvalue weighted by atomic mass is 16.6. The molecule has 0 spiro atoms. The van der Waals surface area contributed by atoms with Crippen LogP contribution in [0.15, 0.2) is 11.6 Å². The van der Waals surface area contributed by atoms with E-state index < -0.39 is 43.2 Å². The van der Waals surface area contributed by atoms with Gasteiger partial charge in [-0.2, -0.15) is 0 Å². The smallest absolute Gasteiger partial charge is 0.311 e. The van der Waals surface area contributed by atoms with Gasteiger partial charge in [-0.1, -0.05) is 11.6 Å². The lowest BCUT2D eigenvalue weighted by Crippen LogP contribution is -2.64. The third kappa shape index (κ3) is 4.29. The summed E-state index contributed by atoms with van der Waals surface area (Å²) in [6.07, 6.45) is 0.195. The van der Waals surface area contributed by atoms with Gasteiger partial charge < -0.3 is 34.6 Å². The van der Waals surface area contributed by atoms with Crippen LogP contribution in [0.3, 0.4) is 0 Å². The van der Waals surface area contributed by atoms with Crippen molar-refractivity contribution in [2.75, 3.05) is 20.2 Å². The number of aliphatic hydroxyl groups excluding tert-OH is 4. The van der Waals surface area contributed by atoms with Gasteiger partial charge in [-0.25, -0.2) is 0 Å². The van der Waals surface area contributed by atoms with Crippen molar-refractivity contribution >= 4 is 5.97 Å². The Bertz CT molecular complexity index is 716. The Kier molecular flexibility index (Phi) is 6.48. The number of ether oxygens (including phenoxy) is 3. The van der Waals surface area contributed by atoms with Crippen molar-refractivity contribution in [3.05, 3.63) is 11.6 Å². The molecule has 3 aliphatic heterocycles. The van der Waals surface area contributed by atoms with Crippen molar-refractivity contribution in [2.24, 2.45) is 11.8 Å². The summed E-state index contributed by atoms with van der Waals surface area (Å²) in [7, 11) is 1.68. The van der Waals surface area contributed by atoms with Gasteiger partial charge in [-0.05, 0) is 46.6 Å². The molecule has 0 saturated carbocycles. The average molecular weight is 442 g/mol. The zero-order chi connectivity index (χ0) is 22.5. The number of nitrogens with zero attached hydrogens (tertiary/aromatic N) is 1. The van der Waals surface area contributed by atoms with Crippen molar-refractivity contribution in [1.29, 1.82) is 0 Å². The molecular formula is C22H35NO8. The van der Waals surface area contributed by atoms with Crippen LogP contribution in [0.2, 0.25) is 0 Å². The van der Waals surface area contributed by atoms with Crippen LogP contribution in [0.4, 0.5) is 0 Å². The minimum Gasteiger partial charge on any atom is -0.459 e. The van der Waals surface area contributed by atoms with Crippen molar-refractivity contribution in [3.63, 3.8) is 0 Å². The molecule has 9 nitrogen and oxygen atoms in total. The summed E-state index contributed by atoms with van der Waals surface area (Å²) >= 11 is 0. The Hall–Kier alpha value is -1.07. The number of allylic oxidation sites excluding steroid dienone is 2. The summed E-state index contributed by atoms with van der Waals surface area (Å²) < 4.78 is 17.1. The molecule has 3 heterocycles. The molecule has 1 aliphatic carbocycles. The number of fused-ring (bicyclic) bond motifs is 3. The quantitative estimate of drug-likeness (QED) is 0.260. The summed E-state index contributed by atoms with van der Waals surface area (Å²) in [6, 6.07) is -0.937. The molecule has 176 valence electrons. The zero-order valence-electron chi connectivity index (χ0n) is 18.4. The zero-order valence-corrected chi connectivity index (χ0v) is 18.4. The predicted octanol–water partition coefficient (Wildman–Crippen LogP) is -0.446. The Morgan fingerprint density at radius 2 is 2.00 bits per heavy atom. The monoisotopic (exact) mass is 441 g/mol. The molecular weight excluding hydrogens is 406 g/mol. The second-order valence-electron chi connectivity index (χ2n) is 9.81. The first-order chi connectivity index (χ1) is 14.7. The van der Waals surface area contributed by atoms with Crippen molar-refractivity contribution in [2.45, 2.75) is 88.0 Å². The molecule has 3 fully saturated rings. The van der Waals surface area contributed by atoms with Crippen molar-refractivity contribution in [1.82, 2.24) is 4.90 Å². The average Bonchev–Trinajstić information content (AvgIpc) is 3.29. The van der Waals surface area contributed by atoms with Gasteiger partial charge in [0.15, 0.2) is 6.29 Å². The van der Waals surface area contributed by atoms with E-state index in [1.54, 1.807) is 11.9 Å². The van der Waals surface area contributed by atoms with Crippen LogP contribution in [-0.4, -0.2) is 99.9 Å². The van der Waals surface area contributed by atoms with Crippen LogP contribution in [0.5, 0.6) is 0 Å². The second kappa shape index (κ2) is 8.70. The van der Waals surface area contributed by atoms with E-state index in [4.69, 9.17) is 14.2 Å². The number of aliphatic hydroxyl groups is 4. The normalized spacial score (nSPS) is 47.9. The molecule has 4 rings (SSSR count). The van der Waals surface area contributed by atoms with Crippen LogP contribution >= 0.6 is 0 Å². The Morgan fingerprint density at radius 1 is 1.26 bits per heavy atom. The topological polar surface area (TPSA) is 132 Å². The van der Waals surface area contributed by atoms with E-state index in [9.17, 15) is 25.2 Å². The minimum atomic E-state index is -1.40. The van der Waals surface area contributed by atoms with E-state index in [0.29, 0.717) is 0 Å². The maximum atomic E-state index is 12.9. The number of carbonyl (C=O) groups excluding carboxylic acids is 1. The van der Waals surface area contributed by atoms with Gasteiger partial charge in [0.2, 0.25) is 0 Å². The molecule has 0 unspecified atom stereocenters. The van der Waals surface area contributed by atoms with Gasteiger partial charge in [0.25, 0.3) is 0 Å². The number of epoxide rings is 1. The van der Waals surface area contributed by atoms with E-state index in [1.807, 2.05) is 0 Å². The van der Waals surface area contributed by atoms with Gasteiger partial charge in [0.05, 0.1) is 24.2 Å². The van der Waals surface area contributed by atoms with Crippen LogP contribution in [0, 0.1) is 11.8 Å². The van der Waals surface area contributed by atoms with Crippen LogP contribution in [-0.2, 0) is 19.0 Å². The highest BCUT2D eigenvalue weighted by Gasteiger charge is 2.63. The maximum Gasteiger partial charge on any atom is 0.311 e. The van der Waals surface area contributed by atoms with Crippen LogP contribution in [0.1, 0.15) is 39.5 Å². The number of esters is 1. The number of hydrogen-bond acceptors (Lipinski definition) is 9. The van der Waals surface area contributed by atoms with Gasteiger partial charge in [0, 0.05) is 12.5 Å². The first-order valence-corrected chi connectivity index (χ1v) is 11.2. The lowest BCUT2D eigenvalue weighted by Gasteiger charge is -2.44. The van der Waals surface area contributed by atoms with E-state index in [0.717, 1.165) is 25.7 Å². The maximum absolute atomic E-state index is 12.9. The van der Waals surface area contributed by atoms with E-state index in [2.05, 4.69) is 19.9 Å². The Labute approximate surface area is 182 Å². The molecule has 0 aromatic rings. The highest BCUT2D eigenvalue weighted by molar-refractivity contribution is 5.76. The lowest BCUT2D eigenvalue weighted by atomic mass is 9.80. The van der Waals surface area contributed by atoms with Crippen LogP contribution in [0.25, 0.3) is 0 Å². The summed E-state index contributed by atoms with van der Waals surface area (Å²) in [4.78, 5) is 14.5. The largest absolute Gasteiger partial charge is 0.459 e.